The second kappa shape index (κ2) is 8.31. The van der Waals surface area contributed by atoms with E-state index in [-0.39, 0.29) is 5.54 Å². The second-order valence-electron chi connectivity index (χ2n) is 5.44. The Hall–Kier alpha value is -0.820. The molecule has 0 bridgehead atoms. The summed E-state index contributed by atoms with van der Waals surface area (Å²) in [7, 11) is 0. The summed E-state index contributed by atoms with van der Waals surface area (Å²) in [6.07, 6.45) is 9.84. The summed E-state index contributed by atoms with van der Waals surface area (Å²) in [6.45, 7) is 4.50. The molecule has 0 spiro atoms. The summed E-state index contributed by atoms with van der Waals surface area (Å²) >= 11 is 0. The minimum atomic E-state index is -0.106. The Bertz CT molecular complexity index is 295. The van der Waals surface area contributed by atoms with E-state index in [1.165, 1.54) is 44.1 Å². The molecule has 1 heteroatoms. The maximum atomic E-state index is 6.70. The molecule has 2 N–H and O–H groups in total. The molecule has 18 heavy (non-hydrogen) atoms. The largest absolute Gasteiger partial charge is 0.321 e. The van der Waals surface area contributed by atoms with Crippen LogP contribution in [-0.2, 0) is 5.54 Å². The third-order valence-corrected chi connectivity index (χ3v) is 3.80. The van der Waals surface area contributed by atoms with Crippen molar-refractivity contribution in [2.24, 2.45) is 5.73 Å². The van der Waals surface area contributed by atoms with Crippen molar-refractivity contribution in [3.63, 3.8) is 0 Å². The Balaban J connectivity index is 2.67. The highest BCUT2D eigenvalue weighted by atomic mass is 14.7. The highest BCUT2D eigenvalue weighted by Gasteiger charge is 2.25. The molecule has 1 rings (SSSR count). The Morgan fingerprint density at radius 3 is 1.78 bits per heavy atom. The van der Waals surface area contributed by atoms with Gasteiger partial charge in [-0.1, -0.05) is 82.7 Å². The zero-order valence-electron chi connectivity index (χ0n) is 12.1. The molecule has 0 saturated carbocycles. The van der Waals surface area contributed by atoms with Gasteiger partial charge in [0.05, 0.1) is 0 Å². The van der Waals surface area contributed by atoms with Crippen molar-refractivity contribution in [2.45, 2.75) is 70.8 Å². The molecule has 1 aromatic rings. The molecule has 0 aliphatic heterocycles. The first-order valence-electron chi connectivity index (χ1n) is 7.57. The van der Waals surface area contributed by atoms with Gasteiger partial charge in [-0.3, -0.25) is 0 Å². The summed E-state index contributed by atoms with van der Waals surface area (Å²) in [5.74, 6) is 0. The number of benzene rings is 1. The van der Waals surface area contributed by atoms with Crippen molar-refractivity contribution in [3.8, 4) is 0 Å². The van der Waals surface area contributed by atoms with E-state index < -0.39 is 0 Å². The first-order valence-corrected chi connectivity index (χ1v) is 7.57. The molecule has 0 atom stereocenters. The highest BCUT2D eigenvalue weighted by molar-refractivity contribution is 5.23. The van der Waals surface area contributed by atoms with Crippen molar-refractivity contribution >= 4 is 0 Å². The summed E-state index contributed by atoms with van der Waals surface area (Å²) < 4.78 is 0. The number of unbranched alkanes of at least 4 members (excludes halogenated alkanes) is 4. The van der Waals surface area contributed by atoms with Crippen LogP contribution in [0.3, 0.4) is 0 Å². The van der Waals surface area contributed by atoms with Crippen LogP contribution < -0.4 is 5.73 Å². The van der Waals surface area contributed by atoms with E-state index in [9.17, 15) is 0 Å². The lowest BCUT2D eigenvalue weighted by Gasteiger charge is -2.30. The average molecular weight is 247 g/mol. The molecule has 0 fully saturated rings. The van der Waals surface area contributed by atoms with Gasteiger partial charge in [0.25, 0.3) is 0 Å². The van der Waals surface area contributed by atoms with Crippen LogP contribution >= 0.6 is 0 Å². The van der Waals surface area contributed by atoms with E-state index in [1.54, 1.807) is 0 Å². The predicted molar refractivity (Wildman–Crippen MR) is 80.6 cm³/mol. The number of hydrogen-bond acceptors (Lipinski definition) is 1. The molecule has 0 saturated heterocycles. The third kappa shape index (κ3) is 4.81. The topological polar surface area (TPSA) is 26.0 Å². The molecule has 0 amide bonds. The monoisotopic (exact) mass is 247 g/mol. The second-order valence-corrected chi connectivity index (χ2v) is 5.44. The van der Waals surface area contributed by atoms with E-state index in [0.717, 1.165) is 12.8 Å². The van der Waals surface area contributed by atoms with E-state index in [4.69, 9.17) is 5.73 Å². The fourth-order valence-electron chi connectivity index (χ4n) is 2.56. The Morgan fingerprint density at radius 2 is 1.33 bits per heavy atom. The normalized spacial score (nSPS) is 11.7. The van der Waals surface area contributed by atoms with Crippen LogP contribution in [0.4, 0.5) is 0 Å². The molecule has 0 aromatic heterocycles. The van der Waals surface area contributed by atoms with Gasteiger partial charge in [-0.2, -0.15) is 0 Å². The third-order valence-electron chi connectivity index (χ3n) is 3.80. The van der Waals surface area contributed by atoms with Crippen LogP contribution in [0.1, 0.15) is 70.8 Å². The lowest BCUT2D eigenvalue weighted by molar-refractivity contribution is 0.347. The molecule has 1 aromatic carbocycles. The van der Waals surface area contributed by atoms with Gasteiger partial charge in [-0.25, -0.2) is 0 Å². The van der Waals surface area contributed by atoms with E-state index in [1.807, 2.05) is 0 Å². The van der Waals surface area contributed by atoms with Crippen molar-refractivity contribution in [3.05, 3.63) is 35.9 Å². The molecule has 0 aliphatic carbocycles. The van der Waals surface area contributed by atoms with Crippen molar-refractivity contribution in [1.29, 1.82) is 0 Å². The predicted octanol–water partition coefficient (Wildman–Crippen LogP) is 5.00. The van der Waals surface area contributed by atoms with Crippen LogP contribution in [0.5, 0.6) is 0 Å². The van der Waals surface area contributed by atoms with Crippen molar-refractivity contribution in [1.82, 2.24) is 0 Å². The van der Waals surface area contributed by atoms with Crippen LogP contribution in [-0.4, -0.2) is 0 Å². The smallest absolute Gasteiger partial charge is 0.0409 e. The Kier molecular flexibility index (Phi) is 7.04. The molecular formula is C17H29N. The summed E-state index contributed by atoms with van der Waals surface area (Å²) in [5, 5.41) is 0. The van der Waals surface area contributed by atoms with Gasteiger partial charge in [0.15, 0.2) is 0 Å². The lowest BCUT2D eigenvalue weighted by atomic mass is 9.81. The maximum Gasteiger partial charge on any atom is 0.0409 e. The molecule has 1 nitrogen and oxygen atoms in total. The van der Waals surface area contributed by atoms with E-state index >= 15 is 0 Å². The Morgan fingerprint density at radius 1 is 0.833 bits per heavy atom. The summed E-state index contributed by atoms with van der Waals surface area (Å²) in [4.78, 5) is 0. The van der Waals surface area contributed by atoms with Gasteiger partial charge < -0.3 is 5.73 Å². The molecular weight excluding hydrogens is 218 g/mol. The van der Waals surface area contributed by atoms with Crippen LogP contribution in [0.15, 0.2) is 30.3 Å². The van der Waals surface area contributed by atoms with Gasteiger partial charge in [0.1, 0.15) is 0 Å². The molecule has 0 unspecified atom stereocenters. The average Bonchev–Trinajstić information content (AvgIpc) is 2.40. The van der Waals surface area contributed by atoms with Crippen molar-refractivity contribution in [2.75, 3.05) is 0 Å². The van der Waals surface area contributed by atoms with Gasteiger partial charge in [0, 0.05) is 5.54 Å². The number of nitrogens with two attached hydrogens (primary N) is 1. The minimum absolute atomic E-state index is 0.106. The molecule has 0 radical (unpaired) electrons. The first kappa shape index (κ1) is 15.2. The van der Waals surface area contributed by atoms with Gasteiger partial charge in [-0.05, 0) is 18.4 Å². The minimum Gasteiger partial charge on any atom is -0.321 e. The fraction of sp³-hybridized carbons (Fsp3) is 0.647. The zero-order chi connectivity index (χ0) is 13.3. The first-order chi connectivity index (χ1) is 8.73. The Labute approximate surface area is 113 Å². The highest BCUT2D eigenvalue weighted by Crippen LogP contribution is 2.30. The fourth-order valence-corrected chi connectivity index (χ4v) is 2.56. The van der Waals surface area contributed by atoms with E-state index in [2.05, 4.69) is 44.2 Å². The maximum absolute atomic E-state index is 6.70. The zero-order valence-corrected chi connectivity index (χ0v) is 12.1. The van der Waals surface area contributed by atoms with E-state index in [0.29, 0.717) is 0 Å². The van der Waals surface area contributed by atoms with Crippen molar-refractivity contribution < 1.29 is 0 Å². The summed E-state index contributed by atoms with van der Waals surface area (Å²) in [5.41, 5.74) is 7.91. The summed E-state index contributed by atoms with van der Waals surface area (Å²) in [6, 6.07) is 10.7. The van der Waals surface area contributed by atoms with Crippen LogP contribution in [0.2, 0.25) is 0 Å². The number of rotatable bonds is 9. The van der Waals surface area contributed by atoms with Gasteiger partial charge >= 0.3 is 0 Å². The van der Waals surface area contributed by atoms with Crippen LogP contribution in [0.25, 0.3) is 0 Å². The van der Waals surface area contributed by atoms with Gasteiger partial charge in [0.2, 0.25) is 0 Å². The van der Waals surface area contributed by atoms with Crippen LogP contribution in [0, 0.1) is 0 Å². The lowest BCUT2D eigenvalue weighted by Crippen LogP contribution is -2.36. The SMILES string of the molecule is CCCCCC(N)(CCCCC)c1ccccc1. The molecule has 0 aliphatic rings. The standard InChI is InChI=1S/C17H29N/c1-3-5-10-14-17(18,15-11-6-4-2)16-12-8-7-9-13-16/h7-9,12-13H,3-6,10-11,14-15,18H2,1-2H3. The number of hydrogen-bond donors (Lipinski definition) is 1. The molecule has 102 valence electrons. The van der Waals surface area contributed by atoms with Gasteiger partial charge in [-0.15, -0.1) is 0 Å². The quantitative estimate of drug-likeness (QED) is 0.610. The molecule has 0 heterocycles.